The lowest BCUT2D eigenvalue weighted by Gasteiger charge is -2.12. The predicted molar refractivity (Wildman–Crippen MR) is 116 cm³/mol. The van der Waals surface area contributed by atoms with Crippen LogP contribution in [0.3, 0.4) is 0 Å². The summed E-state index contributed by atoms with van der Waals surface area (Å²) >= 11 is 3.19. The number of nitro benzene ring substituents is 1. The zero-order valence-corrected chi connectivity index (χ0v) is 17.9. The van der Waals surface area contributed by atoms with Gasteiger partial charge in [-0.15, -0.1) is 0 Å². The van der Waals surface area contributed by atoms with Crippen molar-refractivity contribution in [3.63, 3.8) is 0 Å². The Bertz CT molecular complexity index is 1130. The molecule has 0 aliphatic rings. The van der Waals surface area contributed by atoms with Crippen LogP contribution in [0.4, 0.5) is 26.4 Å². The number of nitro groups is 1. The predicted octanol–water partition coefficient (Wildman–Crippen LogP) is 3.88. The topological polar surface area (TPSA) is 131 Å². The molecule has 0 saturated carbocycles. The number of fused-ring (bicyclic) bond motifs is 1. The quantitative estimate of drug-likeness (QED) is 0.247. The number of rotatable bonds is 8. The van der Waals surface area contributed by atoms with Gasteiger partial charge < -0.3 is 20.7 Å². The van der Waals surface area contributed by atoms with Crippen LogP contribution in [0.1, 0.15) is 6.92 Å². The molecule has 1 heterocycles. The van der Waals surface area contributed by atoms with Crippen LogP contribution in [0.5, 0.6) is 5.75 Å². The van der Waals surface area contributed by atoms with Crippen molar-refractivity contribution < 1.29 is 18.8 Å². The molecular formula is C19H18BrFN6O4. The van der Waals surface area contributed by atoms with E-state index in [1.54, 1.807) is 13.0 Å². The minimum atomic E-state index is -0.594. The van der Waals surface area contributed by atoms with Crippen molar-refractivity contribution in [2.75, 3.05) is 25.0 Å². The van der Waals surface area contributed by atoms with Crippen LogP contribution in [0, 0.1) is 15.9 Å². The number of aromatic nitrogens is 2. The van der Waals surface area contributed by atoms with Crippen LogP contribution in [-0.4, -0.2) is 40.6 Å². The third-order valence-electron chi connectivity index (χ3n) is 4.08. The minimum Gasteiger partial charge on any atom is -0.485 e. The van der Waals surface area contributed by atoms with E-state index in [1.807, 2.05) is 0 Å². The van der Waals surface area contributed by atoms with E-state index >= 15 is 0 Å². The number of hydrogen-bond acceptors (Lipinski definition) is 7. The second kappa shape index (κ2) is 9.98. The molecule has 0 unspecified atom stereocenters. The van der Waals surface area contributed by atoms with Crippen LogP contribution in [-0.2, 0) is 0 Å². The summed E-state index contributed by atoms with van der Waals surface area (Å²) < 4.78 is 20.3. The number of hydrogen-bond donors (Lipinski definition) is 3. The number of benzene rings is 2. The highest BCUT2D eigenvalue weighted by Crippen LogP contribution is 2.35. The summed E-state index contributed by atoms with van der Waals surface area (Å²) in [6.45, 7) is 2.43. The molecule has 3 N–H and O–H groups in total. The Hall–Kier alpha value is -3.54. The van der Waals surface area contributed by atoms with Gasteiger partial charge in [-0.1, -0.05) is 15.9 Å². The van der Waals surface area contributed by atoms with Crippen molar-refractivity contribution in [1.29, 1.82) is 0 Å². The molecule has 12 heteroatoms. The third-order valence-corrected chi connectivity index (χ3v) is 4.57. The normalized spacial score (nSPS) is 10.5. The first-order chi connectivity index (χ1) is 14.9. The number of urea groups is 1. The molecule has 0 saturated heterocycles. The van der Waals surface area contributed by atoms with Crippen LogP contribution in [0.25, 0.3) is 10.9 Å². The van der Waals surface area contributed by atoms with Gasteiger partial charge in [0.05, 0.1) is 28.1 Å². The van der Waals surface area contributed by atoms with Crippen LogP contribution in [0.2, 0.25) is 0 Å². The van der Waals surface area contributed by atoms with Crippen molar-refractivity contribution in [2.45, 2.75) is 6.92 Å². The van der Waals surface area contributed by atoms with Gasteiger partial charge in [0.2, 0.25) is 0 Å². The summed E-state index contributed by atoms with van der Waals surface area (Å²) in [6, 6.07) is 6.77. The van der Waals surface area contributed by atoms with E-state index in [4.69, 9.17) is 4.74 Å². The second-order valence-corrected chi connectivity index (χ2v) is 7.12. The molecule has 3 aromatic rings. The van der Waals surface area contributed by atoms with Crippen molar-refractivity contribution >= 4 is 50.1 Å². The fourth-order valence-electron chi connectivity index (χ4n) is 2.70. The molecule has 0 aliphatic carbocycles. The van der Waals surface area contributed by atoms with E-state index in [-0.39, 0.29) is 42.1 Å². The number of carbonyl (C=O) groups excluding carboxylic acids is 1. The molecule has 10 nitrogen and oxygen atoms in total. The Morgan fingerprint density at radius 2 is 2.06 bits per heavy atom. The summed E-state index contributed by atoms with van der Waals surface area (Å²) in [4.78, 5) is 30.6. The van der Waals surface area contributed by atoms with Gasteiger partial charge in [-0.2, -0.15) is 0 Å². The van der Waals surface area contributed by atoms with Crippen molar-refractivity contribution in [3.05, 3.63) is 57.1 Å². The van der Waals surface area contributed by atoms with Gasteiger partial charge >= 0.3 is 11.7 Å². The van der Waals surface area contributed by atoms with Gasteiger partial charge in [0.15, 0.2) is 5.75 Å². The SMILES string of the molecule is CCNC(=O)NCCOc1cc2ncnc(Nc3ccc(Br)cc3F)c2cc1[N+](=O)[O-]. The molecule has 0 fully saturated rings. The lowest BCUT2D eigenvalue weighted by molar-refractivity contribution is -0.385. The van der Waals surface area contributed by atoms with Gasteiger partial charge in [-0.3, -0.25) is 10.1 Å². The molecule has 2 aromatic carbocycles. The Kier molecular flexibility index (Phi) is 7.13. The monoisotopic (exact) mass is 492 g/mol. The zero-order chi connectivity index (χ0) is 22.4. The van der Waals surface area contributed by atoms with Crippen LogP contribution in [0.15, 0.2) is 41.1 Å². The van der Waals surface area contributed by atoms with Crippen molar-refractivity contribution in [3.8, 4) is 5.75 Å². The number of ether oxygens (including phenoxy) is 1. The molecule has 162 valence electrons. The first-order valence-corrected chi connectivity index (χ1v) is 9.98. The fourth-order valence-corrected chi connectivity index (χ4v) is 3.03. The van der Waals surface area contributed by atoms with E-state index in [0.29, 0.717) is 21.9 Å². The molecule has 2 amide bonds. The molecule has 0 aliphatic heterocycles. The Labute approximate surface area is 184 Å². The molecule has 0 radical (unpaired) electrons. The van der Waals surface area contributed by atoms with Crippen LogP contribution >= 0.6 is 15.9 Å². The highest BCUT2D eigenvalue weighted by Gasteiger charge is 2.20. The molecule has 0 bridgehead atoms. The summed E-state index contributed by atoms with van der Waals surface area (Å²) in [5.74, 6) is -0.316. The molecule has 31 heavy (non-hydrogen) atoms. The number of amides is 2. The van der Waals surface area contributed by atoms with Gasteiger partial charge in [0.25, 0.3) is 0 Å². The third kappa shape index (κ3) is 5.54. The van der Waals surface area contributed by atoms with E-state index < -0.39 is 10.7 Å². The summed E-state index contributed by atoms with van der Waals surface area (Å²) in [5.41, 5.74) is 0.217. The molecule has 0 atom stereocenters. The number of halogens is 2. The molecule has 3 rings (SSSR count). The number of nitrogens with one attached hydrogen (secondary N) is 3. The molecular weight excluding hydrogens is 475 g/mol. The highest BCUT2D eigenvalue weighted by molar-refractivity contribution is 9.10. The standard InChI is InChI=1S/C19H18BrFN6O4/c1-2-22-19(28)23-5-6-31-17-9-15-12(8-16(17)27(29)30)18(25-10-24-15)26-14-4-3-11(20)7-13(14)21/h3-4,7-10H,2,5-6H2,1H3,(H2,22,23,28)(H,24,25,26). The van der Waals surface area contributed by atoms with E-state index in [2.05, 4.69) is 41.8 Å². The summed E-state index contributed by atoms with van der Waals surface area (Å²) in [6.07, 6.45) is 1.26. The van der Waals surface area contributed by atoms with E-state index in [0.717, 1.165) is 0 Å². The summed E-state index contributed by atoms with van der Waals surface area (Å²) in [7, 11) is 0. The smallest absolute Gasteiger partial charge is 0.314 e. The fraction of sp³-hybridized carbons (Fsp3) is 0.211. The summed E-state index contributed by atoms with van der Waals surface area (Å²) in [5, 5.41) is 19.9. The zero-order valence-electron chi connectivity index (χ0n) is 16.3. The van der Waals surface area contributed by atoms with E-state index in [9.17, 15) is 19.3 Å². The van der Waals surface area contributed by atoms with E-state index in [1.165, 1.54) is 30.6 Å². The number of carbonyl (C=O) groups is 1. The minimum absolute atomic E-state index is 0.00493. The van der Waals surface area contributed by atoms with Gasteiger partial charge in [-0.25, -0.2) is 19.2 Å². The molecule has 0 spiro atoms. The lowest BCUT2D eigenvalue weighted by Crippen LogP contribution is -2.37. The van der Waals surface area contributed by atoms with Crippen molar-refractivity contribution in [2.24, 2.45) is 0 Å². The number of anilines is 2. The van der Waals surface area contributed by atoms with Gasteiger partial charge in [-0.05, 0) is 25.1 Å². The maximum absolute atomic E-state index is 14.2. The number of nitrogens with zero attached hydrogens (tertiary/aromatic N) is 3. The van der Waals surface area contributed by atoms with Gasteiger partial charge in [0, 0.05) is 23.2 Å². The first-order valence-electron chi connectivity index (χ1n) is 9.18. The first kappa shape index (κ1) is 22.2. The maximum atomic E-state index is 14.2. The average Bonchev–Trinajstić information content (AvgIpc) is 2.73. The average molecular weight is 493 g/mol. The maximum Gasteiger partial charge on any atom is 0.314 e. The van der Waals surface area contributed by atoms with Gasteiger partial charge in [0.1, 0.15) is 24.6 Å². The molecule has 1 aromatic heterocycles. The Morgan fingerprint density at radius 1 is 1.26 bits per heavy atom. The highest BCUT2D eigenvalue weighted by atomic mass is 79.9. The Morgan fingerprint density at radius 3 is 2.77 bits per heavy atom. The largest absolute Gasteiger partial charge is 0.485 e. The lowest BCUT2D eigenvalue weighted by atomic mass is 10.2. The Balaban J connectivity index is 1.86. The van der Waals surface area contributed by atoms with Crippen molar-refractivity contribution in [1.82, 2.24) is 20.6 Å². The van der Waals surface area contributed by atoms with Crippen LogP contribution < -0.4 is 20.7 Å². The second-order valence-electron chi connectivity index (χ2n) is 6.20.